The maximum atomic E-state index is 12.0. The second-order valence-electron chi connectivity index (χ2n) is 7.02. The summed E-state index contributed by atoms with van der Waals surface area (Å²) in [5.41, 5.74) is 0.484. The third-order valence-electron chi connectivity index (χ3n) is 2.90. The van der Waals surface area contributed by atoms with Gasteiger partial charge in [0.2, 0.25) is 0 Å². The molecule has 8 heteroatoms. The van der Waals surface area contributed by atoms with Gasteiger partial charge in [-0.3, -0.25) is 4.79 Å². The molecule has 26 heavy (non-hydrogen) atoms. The van der Waals surface area contributed by atoms with E-state index in [1.807, 2.05) is 13.8 Å². The van der Waals surface area contributed by atoms with Crippen molar-refractivity contribution in [3.63, 3.8) is 0 Å². The summed E-state index contributed by atoms with van der Waals surface area (Å²) in [5.74, 6) is -0.269. The first-order chi connectivity index (χ1) is 12.1. The standard InChI is InChI=1S/C18H28N4O4/c1-12(2)21-16(24)22-14-8-6-13(7-9-14)15(23)19-10-11-20-17(25)26-18(3,4)5/h6-9,12H,10-11H2,1-5H3,(H,19,23)(H,20,25)(H2,21,22,24). The van der Waals surface area contributed by atoms with Gasteiger partial charge >= 0.3 is 12.1 Å². The summed E-state index contributed by atoms with van der Waals surface area (Å²) in [7, 11) is 0. The lowest BCUT2D eigenvalue weighted by Gasteiger charge is -2.19. The van der Waals surface area contributed by atoms with Crippen LogP contribution in [-0.4, -0.2) is 42.8 Å². The van der Waals surface area contributed by atoms with Crippen molar-refractivity contribution in [2.24, 2.45) is 0 Å². The lowest BCUT2D eigenvalue weighted by atomic mass is 10.2. The zero-order valence-corrected chi connectivity index (χ0v) is 15.9. The van der Waals surface area contributed by atoms with Gasteiger partial charge in [0.25, 0.3) is 5.91 Å². The zero-order valence-electron chi connectivity index (χ0n) is 15.9. The molecular formula is C18H28N4O4. The van der Waals surface area contributed by atoms with Crippen molar-refractivity contribution in [2.45, 2.75) is 46.3 Å². The average Bonchev–Trinajstić information content (AvgIpc) is 2.49. The van der Waals surface area contributed by atoms with Crippen molar-refractivity contribution >= 4 is 23.7 Å². The molecule has 1 aromatic rings. The van der Waals surface area contributed by atoms with Crippen molar-refractivity contribution < 1.29 is 19.1 Å². The molecule has 0 saturated carbocycles. The summed E-state index contributed by atoms with van der Waals surface area (Å²) in [6, 6.07) is 6.25. The quantitative estimate of drug-likeness (QED) is 0.581. The molecule has 0 aliphatic carbocycles. The van der Waals surface area contributed by atoms with Crippen LogP contribution in [-0.2, 0) is 4.74 Å². The van der Waals surface area contributed by atoms with Crippen LogP contribution in [0.5, 0.6) is 0 Å². The maximum Gasteiger partial charge on any atom is 0.407 e. The van der Waals surface area contributed by atoms with Crippen LogP contribution >= 0.6 is 0 Å². The fourth-order valence-electron chi connectivity index (χ4n) is 1.89. The summed E-state index contributed by atoms with van der Waals surface area (Å²) < 4.78 is 5.10. The Bertz CT molecular complexity index is 621. The number of nitrogens with one attached hydrogen (secondary N) is 4. The highest BCUT2D eigenvalue weighted by molar-refractivity contribution is 5.95. The van der Waals surface area contributed by atoms with Gasteiger partial charge in [-0.15, -0.1) is 0 Å². The normalized spacial score (nSPS) is 10.8. The number of amides is 4. The molecule has 0 aromatic heterocycles. The van der Waals surface area contributed by atoms with Gasteiger partial charge in [-0.1, -0.05) is 0 Å². The van der Waals surface area contributed by atoms with E-state index < -0.39 is 11.7 Å². The van der Waals surface area contributed by atoms with E-state index in [2.05, 4.69) is 21.3 Å². The van der Waals surface area contributed by atoms with Crippen LogP contribution in [0.2, 0.25) is 0 Å². The van der Waals surface area contributed by atoms with Crippen molar-refractivity contribution in [2.75, 3.05) is 18.4 Å². The van der Waals surface area contributed by atoms with Gasteiger partial charge < -0.3 is 26.0 Å². The summed E-state index contributed by atoms with van der Waals surface area (Å²) in [6.07, 6.45) is -0.526. The van der Waals surface area contributed by atoms with Crippen LogP contribution in [0.15, 0.2) is 24.3 Å². The van der Waals surface area contributed by atoms with Gasteiger partial charge in [-0.2, -0.15) is 0 Å². The maximum absolute atomic E-state index is 12.0. The Labute approximate surface area is 154 Å². The number of anilines is 1. The molecule has 0 aliphatic rings. The Hall–Kier alpha value is -2.77. The number of rotatable bonds is 6. The third kappa shape index (κ3) is 8.91. The number of benzene rings is 1. The molecule has 0 heterocycles. The first kappa shape index (κ1) is 21.3. The predicted octanol–water partition coefficient (Wildman–Crippen LogP) is 2.47. The minimum Gasteiger partial charge on any atom is -0.444 e. The van der Waals surface area contributed by atoms with Crippen LogP contribution in [0, 0.1) is 0 Å². The van der Waals surface area contributed by atoms with Crippen LogP contribution < -0.4 is 21.3 Å². The molecule has 0 unspecified atom stereocenters. The molecule has 0 fully saturated rings. The lowest BCUT2D eigenvalue weighted by Crippen LogP contribution is -2.37. The molecule has 0 spiro atoms. The number of carbonyl (C=O) groups is 3. The second kappa shape index (κ2) is 9.65. The van der Waals surface area contributed by atoms with Gasteiger partial charge in [0.15, 0.2) is 0 Å². The summed E-state index contributed by atoms with van der Waals surface area (Å²) in [4.78, 5) is 35.1. The molecule has 0 bridgehead atoms. The van der Waals surface area contributed by atoms with Gasteiger partial charge in [0.1, 0.15) is 5.60 Å². The van der Waals surface area contributed by atoms with E-state index >= 15 is 0 Å². The van der Waals surface area contributed by atoms with Crippen molar-refractivity contribution in [1.29, 1.82) is 0 Å². The molecule has 4 N–H and O–H groups in total. The van der Waals surface area contributed by atoms with Gasteiger partial charge in [0, 0.05) is 30.4 Å². The molecule has 4 amide bonds. The largest absolute Gasteiger partial charge is 0.444 e. The fourth-order valence-corrected chi connectivity index (χ4v) is 1.89. The molecule has 0 saturated heterocycles. The number of alkyl carbamates (subject to hydrolysis) is 1. The topological polar surface area (TPSA) is 109 Å². The first-order valence-corrected chi connectivity index (χ1v) is 8.49. The molecule has 144 valence electrons. The number of hydrogen-bond acceptors (Lipinski definition) is 4. The van der Waals surface area contributed by atoms with E-state index in [0.717, 1.165) is 0 Å². The Morgan fingerprint density at radius 3 is 2.12 bits per heavy atom. The zero-order chi connectivity index (χ0) is 19.7. The van der Waals surface area contributed by atoms with Gasteiger partial charge in [-0.05, 0) is 58.9 Å². The van der Waals surface area contributed by atoms with Crippen LogP contribution in [0.3, 0.4) is 0 Å². The monoisotopic (exact) mass is 364 g/mol. The van der Waals surface area contributed by atoms with Crippen LogP contribution in [0.25, 0.3) is 0 Å². The van der Waals surface area contributed by atoms with E-state index in [1.54, 1.807) is 45.0 Å². The van der Waals surface area contributed by atoms with E-state index in [9.17, 15) is 14.4 Å². The molecule has 0 aliphatic heterocycles. The third-order valence-corrected chi connectivity index (χ3v) is 2.90. The number of urea groups is 1. The summed E-state index contributed by atoms with van der Waals surface area (Å²) >= 11 is 0. The van der Waals surface area contributed by atoms with E-state index in [4.69, 9.17) is 4.74 Å². The van der Waals surface area contributed by atoms with Crippen LogP contribution in [0.4, 0.5) is 15.3 Å². The van der Waals surface area contributed by atoms with E-state index in [1.165, 1.54) is 0 Å². The van der Waals surface area contributed by atoms with Crippen molar-refractivity contribution in [3.8, 4) is 0 Å². The Kier molecular flexibility index (Phi) is 7.89. The molecule has 1 rings (SSSR count). The SMILES string of the molecule is CC(C)NC(=O)Nc1ccc(C(=O)NCCNC(=O)OC(C)(C)C)cc1. The molecule has 1 aromatic carbocycles. The predicted molar refractivity (Wildman–Crippen MR) is 100 cm³/mol. The number of carbonyl (C=O) groups excluding carboxylic acids is 3. The van der Waals surface area contributed by atoms with E-state index in [0.29, 0.717) is 11.3 Å². The molecule has 0 radical (unpaired) electrons. The smallest absolute Gasteiger partial charge is 0.407 e. The van der Waals surface area contributed by atoms with Crippen molar-refractivity contribution in [3.05, 3.63) is 29.8 Å². The highest BCUT2D eigenvalue weighted by atomic mass is 16.6. The Morgan fingerprint density at radius 1 is 1.00 bits per heavy atom. The fraction of sp³-hybridized carbons (Fsp3) is 0.500. The molecule has 8 nitrogen and oxygen atoms in total. The summed E-state index contributed by atoms with van der Waals surface area (Å²) in [5, 5.41) is 10.6. The molecular weight excluding hydrogens is 336 g/mol. The van der Waals surface area contributed by atoms with Crippen LogP contribution in [0.1, 0.15) is 45.0 Å². The molecule has 0 atom stereocenters. The number of hydrogen-bond donors (Lipinski definition) is 4. The van der Waals surface area contributed by atoms with E-state index in [-0.39, 0.29) is 31.1 Å². The van der Waals surface area contributed by atoms with Gasteiger partial charge in [-0.25, -0.2) is 9.59 Å². The average molecular weight is 364 g/mol. The van der Waals surface area contributed by atoms with Crippen molar-refractivity contribution in [1.82, 2.24) is 16.0 Å². The lowest BCUT2D eigenvalue weighted by molar-refractivity contribution is 0.0526. The Morgan fingerprint density at radius 2 is 1.58 bits per heavy atom. The highest BCUT2D eigenvalue weighted by Gasteiger charge is 2.15. The summed E-state index contributed by atoms with van der Waals surface area (Å²) in [6.45, 7) is 9.60. The minimum absolute atomic E-state index is 0.0364. The number of ether oxygens (including phenoxy) is 1. The minimum atomic E-state index is -0.560. The Balaban J connectivity index is 2.37. The highest BCUT2D eigenvalue weighted by Crippen LogP contribution is 2.09. The van der Waals surface area contributed by atoms with Gasteiger partial charge in [0.05, 0.1) is 0 Å². The second-order valence-corrected chi connectivity index (χ2v) is 7.02. The first-order valence-electron chi connectivity index (χ1n) is 8.49.